The third-order valence-corrected chi connectivity index (χ3v) is 2.26. The van der Waals surface area contributed by atoms with Crippen LogP contribution in [0.15, 0.2) is 18.7 Å². The molecule has 0 unspecified atom stereocenters. The van der Waals surface area contributed by atoms with E-state index in [-0.39, 0.29) is 0 Å². The number of aryl methyl sites for hydroxylation is 1. The molecule has 0 aliphatic carbocycles. The minimum atomic E-state index is 0.394. The SMILES string of the molecule is CCCn1ncnc1Cn1ccnc1C#N. The zero-order valence-corrected chi connectivity index (χ0v) is 9.04. The van der Waals surface area contributed by atoms with Gasteiger partial charge in [-0.1, -0.05) is 6.92 Å². The monoisotopic (exact) mass is 216 g/mol. The molecule has 2 aromatic heterocycles. The van der Waals surface area contributed by atoms with E-state index in [0.717, 1.165) is 18.8 Å². The molecule has 0 amide bonds. The molecule has 0 aromatic carbocycles. The number of hydrogen-bond donors (Lipinski definition) is 0. The van der Waals surface area contributed by atoms with Crippen molar-refractivity contribution >= 4 is 0 Å². The van der Waals surface area contributed by atoms with E-state index in [4.69, 9.17) is 5.26 Å². The Morgan fingerprint density at radius 1 is 1.44 bits per heavy atom. The normalized spacial score (nSPS) is 10.2. The molecule has 0 N–H and O–H groups in total. The minimum absolute atomic E-state index is 0.394. The van der Waals surface area contributed by atoms with Gasteiger partial charge in [-0.2, -0.15) is 10.4 Å². The summed E-state index contributed by atoms with van der Waals surface area (Å²) < 4.78 is 3.61. The maximum Gasteiger partial charge on any atom is 0.213 e. The largest absolute Gasteiger partial charge is 0.315 e. The van der Waals surface area contributed by atoms with Gasteiger partial charge in [0.2, 0.25) is 5.82 Å². The van der Waals surface area contributed by atoms with Gasteiger partial charge >= 0.3 is 0 Å². The van der Waals surface area contributed by atoms with Gasteiger partial charge in [-0.15, -0.1) is 0 Å². The van der Waals surface area contributed by atoms with Crippen LogP contribution in [0, 0.1) is 11.3 Å². The van der Waals surface area contributed by atoms with Gasteiger partial charge in [-0.3, -0.25) is 0 Å². The molecule has 2 rings (SSSR count). The fourth-order valence-electron chi connectivity index (χ4n) is 1.51. The lowest BCUT2D eigenvalue weighted by molar-refractivity contribution is 0.553. The van der Waals surface area contributed by atoms with Gasteiger partial charge in [0, 0.05) is 18.9 Å². The number of nitrogens with zero attached hydrogens (tertiary/aromatic N) is 6. The van der Waals surface area contributed by atoms with E-state index in [1.54, 1.807) is 17.0 Å². The predicted molar refractivity (Wildman–Crippen MR) is 56.4 cm³/mol. The lowest BCUT2D eigenvalue weighted by atomic mass is 10.4. The molecule has 0 aliphatic rings. The Morgan fingerprint density at radius 2 is 2.31 bits per heavy atom. The molecule has 2 aromatic rings. The van der Waals surface area contributed by atoms with Gasteiger partial charge in [0.25, 0.3) is 0 Å². The highest BCUT2D eigenvalue weighted by Crippen LogP contribution is 2.02. The lowest BCUT2D eigenvalue weighted by Gasteiger charge is -2.05. The average molecular weight is 216 g/mol. The molecule has 0 fully saturated rings. The van der Waals surface area contributed by atoms with E-state index in [1.165, 1.54) is 6.33 Å². The Morgan fingerprint density at radius 3 is 3.06 bits per heavy atom. The zero-order valence-electron chi connectivity index (χ0n) is 9.04. The molecule has 16 heavy (non-hydrogen) atoms. The van der Waals surface area contributed by atoms with E-state index in [9.17, 15) is 0 Å². The third-order valence-electron chi connectivity index (χ3n) is 2.26. The first-order valence-electron chi connectivity index (χ1n) is 5.13. The first-order chi connectivity index (χ1) is 7.85. The zero-order chi connectivity index (χ0) is 11.4. The van der Waals surface area contributed by atoms with E-state index in [2.05, 4.69) is 22.0 Å². The van der Waals surface area contributed by atoms with Gasteiger partial charge in [-0.05, 0) is 6.42 Å². The molecule has 0 saturated carbocycles. The maximum atomic E-state index is 8.83. The van der Waals surface area contributed by atoms with E-state index in [0.29, 0.717) is 12.4 Å². The van der Waals surface area contributed by atoms with Crippen molar-refractivity contribution in [3.8, 4) is 6.07 Å². The van der Waals surface area contributed by atoms with Crippen molar-refractivity contribution in [1.82, 2.24) is 24.3 Å². The molecule has 6 heteroatoms. The fraction of sp³-hybridized carbons (Fsp3) is 0.400. The molecule has 6 nitrogen and oxygen atoms in total. The highest BCUT2D eigenvalue weighted by molar-refractivity contribution is 5.12. The summed E-state index contributed by atoms with van der Waals surface area (Å²) in [6.07, 6.45) is 5.92. The highest BCUT2D eigenvalue weighted by atomic mass is 15.3. The van der Waals surface area contributed by atoms with Crippen LogP contribution in [0.1, 0.15) is 25.0 Å². The standard InChI is InChI=1S/C10H12N6/c1-2-4-16-10(13-8-14-16)7-15-5-3-12-9(15)6-11/h3,5,8H,2,4,7H2,1H3. The average Bonchev–Trinajstić information content (AvgIpc) is 2.89. The number of imidazole rings is 1. The summed E-state index contributed by atoms with van der Waals surface area (Å²) >= 11 is 0. The van der Waals surface area contributed by atoms with Gasteiger partial charge in [0.1, 0.15) is 18.2 Å². The topological polar surface area (TPSA) is 72.3 Å². The molecule has 2 heterocycles. The first kappa shape index (κ1) is 10.4. The van der Waals surface area contributed by atoms with E-state index in [1.807, 2.05) is 10.8 Å². The first-order valence-corrected chi connectivity index (χ1v) is 5.13. The molecule has 0 radical (unpaired) electrons. The third kappa shape index (κ3) is 1.93. The van der Waals surface area contributed by atoms with Crippen LogP contribution in [0.2, 0.25) is 0 Å². The lowest BCUT2D eigenvalue weighted by Crippen LogP contribution is -2.10. The fourth-order valence-corrected chi connectivity index (χ4v) is 1.51. The Kier molecular flexibility index (Phi) is 2.96. The second kappa shape index (κ2) is 4.57. The van der Waals surface area contributed by atoms with Crippen LogP contribution in [-0.4, -0.2) is 24.3 Å². The van der Waals surface area contributed by atoms with Gasteiger partial charge in [-0.25, -0.2) is 14.6 Å². The van der Waals surface area contributed by atoms with Crippen molar-refractivity contribution in [2.45, 2.75) is 26.4 Å². The Labute approximate surface area is 93.2 Å². The quantitative estimate of drug-likeness (QED) is 0.758. The number of aromatic nitrogens is 5. The van der Waals surface area contributed by atoms with Crippen molar-refractivity contribution < 1.29 is 0 Å². The summed E-state index contributed by atoms with van der Waals surface area (Å²) in [5, 5.41) is 13.0. The molecular formula is C10H12N6. The Hall–Kier alpha value is -2.16. The number of hydrogen-bond acceptors (Lipinski definition) is 4. The van der Waals surface area contributed by atoms with Crippen molar-refractivity contribution in [3.05, 3.63) is 30.4 Å². The molecule has 0 spiro atoms. The molecule has 0 bridgehead atoms. The maximum absolute atomic E-state index is 8.83. The summed E-state index contributed by atoms with van der Waals surface area (Å²) in [5.74, 6) is 1.24. The van der Waals surface area contributed by atoms with Crippen LogP contribution in [0.3, 0.4) is 0 Å². The molecule has 0 aliphatic heterocycles. The van der Waals surface area contributed by atoms with Crippen molar-refractivity contribution in [1.29, 1.82) is 5.26 Å². The minimum Gasteiger partial charge on any atom is -0.315 e. The van der Waals surface area contributed by atoms with Crippen molar-refractivity contribution in [2.24, 2.45) is 0 Å². The predicted octanol–water partition coefficient (Wildman–Crippen LogP) is 0.805. The van der Waals surface area contributed by atoms with E-state index < -0.39 is 0 Å². The van der Waals surface area contributed by atoms with Gasteiger partial charge in [0.15, 0.2) is 0 Å². The number of nitriles is 1. The van der Waals surface area contributed by atoms with Gasteiger partial charge in [0.05, 0.1) is 6.54 Å². The van der Waals surface area contributed by atoms with E-state index >= 15 is 0 Å². The smallest absolute Gasteiger partial charge is 0.213 e. The van der Waals surface area contributed by atoms with Crippen LogP contribution in [0.4, 0.5) is 0 Å². The van der Waals surface area contributed by atoms with Crippen LogP contribution >= 0.6 is 0 Å². The summed E-state index contributed by atoms with van der Waals surface area (Å²) in [6, 6.07) is 2.03. The summed E-state index contributed by atoms with van der Waals surface area (Å²) in [7, 11) is 0. The van der Waals surface area contributed by atoms with Crippen LogP contribution in [0.25, 0.3) is 0 Å². The summed E-state index contributed by atoms with van der Waals surface area (Å²) in [4.78, 5) is 8.11. The molecular weight excluding hydrogens is 204 g/mol. The Bertz CT molecular complexity index is 503. The van der Waals surface area contributed by atoms with Crippen LogP contribution in [0.5, 0.6) is 0 Å². The Balaban J connectivity index is 2.21. The number of rotatable bonds is 4. The van der Waals surface area contributed by atoms with Crippen molar-refractivity contribution in [3.63, 3.8) is 0 Å². The second-order valence-electron chi connectivity index (χ2n) is 3.39. The summed E-state index contributed by atoms with van der Waals surface area (Å²) in [5.41, 5.74) is 0. The summed E-state index contributed by atoms with van der Waals surface area (Å²) in [6.45, 7) is 3.46. The van der Waals surface area contributed by atoms with Crippen molar-refractivity contribution in [2.75, 3.05) is 0 Å². The molecule has 82 valence electrons. The van der Waals surface area contributed by atoms with Crippen LogP contribution < -0.4 is 0 Å². The second-order valence-corrected chi connectivity index (χ2v) is 3.39. The highest BCUT2D eigenvalue weighted by Gasteiger charge is 2.07. The molecule has 0 atom stereocenters. The van der Waals surface area contributed by atoms with Crippen LogP contribution in [-0.2, 0) is 13.1 Å². The van der Waals surface area contributed by atoms with Gasteiger partial charge < -0.3 is 4.57 Å². The molecule has 0 saturated heterocycles.